The van der Waals surface area contributed by atoms with E-state index in [-0.39, 0.29) is 30.5 Å². The van der Waals surface area contributed by atoms with E-state index in [0.29, 0.717) is 27.7 Å². The van der Waals surface area contributed by atoms with Crippen molar-refractivity contribution in [3.8, 4) is 0 Å². The van der Waals surface area contributed by atoms with Crippen LogP contribution in [0.25, 0.3) is 21.8 Å². The number of ether oxygens (including phenoxy) is 1. The molecule has 0 bridgehead atoms. The van der Waals surface area contributed by atoms with Gasteiger partial charge in [0.25, 0.3) is 5.91 Å². The minimum Gasteiger partial charge on any atom is -0.454 e. The first-order chi connectivity index (χ1) is 16.4. The first-order valence-electron chi connectivity index (χ1n) is 11.4. The van der Waals surface area contributed by atoms with Crippen LogP contribution in [0.3, 0.4) is 0 Å². The number of rotatable bonds is 8. The number of amides is 1. The van der Waals surface area contributed by atoms with Crippen molar-refractivity contribution in [2.75, 3.05) is 6.61 Å². The molecule has 1 aromatic heterocycles. The van der Waals surface area contributed by atoms with Crippen molar-refractivity contribution in [1.82, 2.24) is 9.88 Å². The second-order valence-corrected chi connectivity index (χ2v) is 8.77. The second-order valence-electron chi connectivity index (χ2n) is 8.77. The predicted molar refractivity (Wildman–Crippen MR) is 133 cm³/mol. The Kier molecular flexibility index (Phi) is 7.07. The lowest BCUT2D eigenvalue weighted by molar-refractivity contribution is -0.149. The van der Waals surface area contributed by atoms with Crippen LogP contribution in [0.5, 0.6) is 0 Å². The molecule has 1 unspecified atom stereocenters. The first kappa shape index (κ1) is 23.2. The van der Waals surface area contributed by atoms with Gasteiger partial charge in [-0.1, -0.05) is 68.4 Å². The number of benzene rings is 3. The highest BCUT2D eigenvalue weighted by Crippen LogP contribution is 2.21. The first-order valence-corrected chi connectivity index (χ1v) is 11.4. The molecule has 6 heteroatoms. The number of carbonyl (C=O) groups excluding carboxylic acids is 2. The minimum atomic E-state index is -0.547. The Morgan fingerprint density at radius 1 is 0.853 bits per heavy atom. The number of aromatic nitrogens is 1. The molecule has 34 heavy (non-hydrogen) atoms. The Balaban J connectivity index is 1.48. The molecule has 0 aliphatic rings. The molecule has 0 saturated heterocycles. The summed E-state index contributed by atoms with van der Waals surface area (Å²) in [4.78, 5) is 38.2. The lowest BCUT2D eigenvalue weighted by Crippen LogP contribution is -2.33. The Hall–Kier alpha value is -3.93. The fourth-order valence-corrected chi connectivity index (χ4v) is 4.24. The maximum atomic E-state index is 12.9. The van der Waals surface area contributed by atoms with E-state index in [9.17, 15) is 14.4 Å². The predicted octanol–water partition coefficient (Wildman–Crippen LogP) is 4.60. The largest absolute Gasteiger partial charge is 0.454 e. The van der Waals surface area contributed by atoms with Gasteiger partial charge >= 0.3 is 5.97 Å². The molecule has 0 spiro atoms. The van der Waals surface area contributed by atoms with Crippen molar-refractivity contribution in [3.63, 3.8) is 0 Å². The standard InChI is InChI=1S/C28H28N2O4/c1-19(2)16-23(20-10-4-3-5-11-20)29-26(31)18-34-27(32)17-30-24-14-8-6-12-21(24)28(33)22-13-7-9-15-25(22)30/h3-15,19,23H,16-18H2,1-2H3,(H,29,31). The SMILES string of the molecule is CC(C)CC(NC(=O)COC(=O)Cn1c2ccccc2c(=O)c2ccccc21)c1ccccc1. The average Bonchev–Trinajstić information content (AvgIpc) is 2.85. The lowest BCUT2D eigenvalue weighted by Gasteiger charge is -2.21. The van der Waals surface area contributed by atoms with Gasteiger partial charge in [-0.25, -0.2) is 0 Å². The highest BCUT2D eigenvalue weighted by Gasteiger charge is 2.18. The van der Waals surface area contributed by atoms with Crippen molar-refractivity contribution in [2.45, 2.75) is 32.9 Å². The molecule has 0 fully saturated rings. The van der Waals surface area contributed by atoms with Gasteiger partial charge in [0.2, 0.25) is 0 Å². The number of nitrogens with zero attached hydrogens (tertiary/aromatic N) is 1. The molecule has 1 atom stereocenters. The van der Waals surface area contributed by atoms with Crippen molar-refractivity contribution in [2.24, 2.45) is 5.92 Å². The van der Waals surface area contributed by atoms with E-state index in [1.807, 2.05) is 42.5 Å². The number of para-hydroxylation sites is 2. The minimum absolute atomic E-state index is 0.0766. The van der Waals surface area contributed by atoms with E-state index in [4.69, 9.17) is 4.74 Å². The zero-order chi connectivity index (χ0) is 24.1. The number of fused-ring (bicyclic) bond motifs is 2. The van der Waals surface area contributed by atoms with Crippen LogP contribution >= 0.6 is 0 Å². The summed E-state index contributed by atoms with van der Waals surface area (Å²) in [5, 5.41) is 4.05. The smallest absolute Gasteiger partial charge is 0.326 e. The maximum absolute atomic E-state index is 12.9. The number of hydrogen-bond donors (Lipinski definition) is 1. The van der Waals surface area contributed by atoms with Gasteiger partial charge in [0.05, 0.1) is 17.1 Å². The Morgan fingerprint density at radius 3 is 2.00 bits per heavy atom. The van der Waals surface area contributed by atoms with Crippen molar-refractivity contribution in [1.29, 1.82) is 0 Å². The summed E-state index contributed by atoms with van der Waals surface area (Å²) in [6.45, 7) is 3.72. The van der Waals surface area contributed by atoms with E-state index >= 15 is 0 Å². The van der Waals surface area contributed by atoms with Gasteiger partial charge in [-0.15, -0.1) is 0 Å². The van der Waals surface area contributed by atoms with Crippen LogP contribution in [0.2, 0.25) is 0 Å². The molecule has 0 aliphatic heterocycles. The highest BCUT2D eigenvalue weighted by molar-refractivity contribution is 5.94. The molecule has 1 amide bonds. The fraction of sp³-hybridized carbons (Fsp3) is 0.250. The van der Waals surface area contributed by atoms with Gasteiger partial charge in [0.1, 0.15) is 6.54 Å². The van der Waals surface area contributed by atoms with E-state index in [1.165, 1.54) is 0 Å². The molecule has 1 N–H and O–H groups in total. The van der Waals surface area contributed by atoms with Gasteiger partial charge in [-0.3, -0.25) is 14.4 Å². The summed E-state index contributed by atoms with van der Waals surface area (Å²) in [5.41, 5.74) is 2.23. The van der Waals surface area contributed by atoms with Gasteiger partial charge < -0.3 is 14.6 Å². The Morgan fingerprint density at radius 2 is 1.41 bits per heavy atom. The third-order valence-electron chi connectivity index (χ3n) is 5.77. The second kappa shape index (κ2) is 10.3. The quantitative estimate of drug-likeness (QED) is 0.310. The van der Waals surface area contributed by atoms with Crippen molar-refractivity contribution in [3.05, 3.63) is 94.6 Å². The van der Waals surface area contributed by atoms with Crippen LogP contribution in [0.15, 0.2) is 83.7 Å². The summed E-state index contributed by atoms with van der Waals surface area (Å²) in [5.74, 6) is -0.512. The molecule has 0 radical (unpaired) electrons. The summed E-state index contributed by atoms with van der Waals surface area (Å²) < 4.78 is 7.09. The average molecular weight is 457 g/mol. The zero-order valence-corrected chi connectivity index (χ0v) is 19.4. The number of hydrogen-bond acceptors (Lipinski definition) is 4. The molecule has 6 nitrogen and oxygen atoms in total. The monoisotopic (exact) mass is 456 g/mol. The molecular formula is C28H28N2O4. The summed E-state index contributed by atoms with van der Waals surface area (Å²) in [7, 11) is 0. The molecule has 0 aliphatic carbocycles. The van der Waals surface area contributed by atoms with Gasteiger partial charge in [0.15, 0.2) is 12.0 Å². The van der Waals surface area contributed by atoms with Crippen LogP contribution in [-0.2, 0) is 20.9 Å². The summed E-state index contributed by atoms with van der Waals surface area (Å²) >= 11 is 0. The van der Waals surface area contributed by atoms with Crippen LogP contribution in [0.4, 0.5) is 0 Å². The zero-order valence-electron chi connectivity index (χ0n) is 19.4. The van der Waals surface area contributed by atoms with Gasteiger partial charge in [-0.2, -0.15) is 0 Å². The molecule has 4 rings (SSSR count). The number of esters is 1. The molecule has 174 valence electrons. The number of carbonyl (C=O) groups is 2. The molecule has 0 saturated carbocycles. The Labute approximate surface area is 198 Å². The number of pyridine rings is 1. The fourth-order valence-electron chi connectivity index (χ4n) is 4.24. The maximum Gasteiger partial charge on any atom is 0.326 e. The summed E-state index contributed by atoms with van der Waals surface area (Å²) in [6, 6.07) is 24.0. The van der Waals surface area contributed by atoms with Crippen LogP contribution in [-0.4, -0.2) is 23.1 Å². The van der Waals surface area contributed by atoms with E-state index in [1.54, 1.807) is 41.0 Å². The van der Waals surface area contributed by atoms with Crippen LogP contribution < -0.4 is 10.7 Å². The molecular weight excluding hydrogens is 428 g/mol. The van der Waals surface area contributed by atoms with E-state index in [0.717, 1.165) is 12.0 Å². The van der Waals surface area contributed by atoms with Gasteiger partial charge in [-0.05, 0) is 42.2 Å². The third-order valence-corrected chi connectivity index (χ3v) is 5.77. The Bertz CT molecular complexity index is 1320. The molecule has 1 heterocycles. The van der Waals surface area contributed by atoms with E-state index in [2.05, 4.69) is 19.2 Å². The van der Waals surface area contributed by atoms with Gasteiger partial charge in [0, 0.05) is 10.8 Å². The lowest BCUT2D eigenvalue weighted by atomic mass is 9.97. The topological polar surface area (TPSA) is 77.4 Å². The van der Waals surface area contributed by atoms with Crippen molar-refractivity contribution >= 4 is 33.7 Å². The molecule has 3 aromatic carbocycles. The van der Waals surface area contributed by atoms with E-state index < -0.39 is 5.97 Å². The van der Waals surface area contributed by atoms with Crippen molar-refractivity contribution < 1.29 is 14.3 Å². The van der Waals surface area contributed by atoms with Crippen LogP contribution in [0.1, 0.15) is 31.9 Å². The normalized spacial score (nSPS) is 12.1. The summed E-state index contributed by atoms with van der Waals surface area (Å²) in [6.07, 6.45) is 0.777. The third kappa shape index (κ3) is 5.17. The molecule has 4 aromatic rings. The van der Waals surface area contributed by atoms with Crippen LogP contribution in [0, 0.1) is 5.92 Å². The number of nitrogens with one attached hydrogen (secondary N) is 1. The highest BCUT2D eigenvalue weighted by atomic mass is 16.5.